The first-order valence-corrected chi connectivity index (χ1v) is 9.95. The number of ether oxygens (including phenoxy) is 1. The van der Waals surface area contributed by atoms with E-state index in [4.69, 9.17) is 15.4 Å². The van der Waals surface area contributed by atoms with Crippen molar-refractivity contribution in [2.75, 3.05) is 12.4 Å². The van der Waals surface area contributed by atoms with Crippen molar-refractivity contribution in [3.05, 3.63) is 31.2 Å². The van der Waals surface area contributed by atoms with E-state index in [2.05, 4.69) is 31.9 Å². The zero-order chi connectivity index (χ0) is 16.0. The lowest BCUT2D eigenvalue weighted by atomic mass is 10.2. The maximum atomic E-state index is 10.7. The Morgan fingerprint density at radius 1 is 1.19 bits per heavy atom. The SMILES string of the molecule is O=[N+]([O-])c1cc(Br)c(OCCCCCS(=O)(=O)Cl)c(Br)c1. The Labute approximate surface area is 143 Å². The van der Waals surface area contributed by atoms with E-state index in [1.807, 2.05) is 0 Å². The van der Waals surface area contributed by atoms with Crippen LogP contribution in [-0.2, 0) is 9.05 Å². The average molecular weight is 466 g/mol. The summed E-state index contributed by atoms with van der Waals surface area (Å²) >= 11 is 6.44. The molecule has 0 aliphatic heterocycles. The summed E-state index contributed by atoms with van der Waals surface area (Å²) in [5, 5.41) is 10.7. The highest BCUT2D eigenvalue weighted by Gasteiger charge is 2.15. The van der Waals surface area contributed by atoms with Gasteiger partial charge in [-0.25, -0.2) is 8.42 Å². The maximum absolute atomic E-state index is 10.7. The third-order valence-electron chi connectivity index (χ3n) is 2.47. The predicted octanol–water partition coefficient (Wildman–Crippen LogP) is 4.24. The molecule has 0 bridgehead atoms. The quantitative estimate of drug-likeness (QED) is 0.248. The summed E-state index contributed by atoms with van der Waals surface area (Å²) in [7, 11) is 1.66. The van der Waals surface area contributed by atoms with Crippen LogP contribution in [0.2, 0.25) is 0 Å². The van der Waals surface area contributed by atoms with Crippen molar-refractivity contribution in [3.63, 3.8) is 0 Å². The predicted molar refractivity (Wildman–Crippen MR) is 87.5 cm³/mol. The highest BCUT2D eigenvalue weighted by molar-refractivity contribution is 9.11. The van der Waals surface area contributed by atoms with E-state index in [1.54, 1.807) is 0 Å². The Balaban J connectivity index is 2.48. The topological polar surface area (TPSA) is 86.5 Å². The van der Waals surface area contributed by atoms with Gasteiger partial charge >= 0.3 is 0 Å². The van der Waals surface area contributed by atoms with Crippen molar-refractivity contribution >= 4 is 57.3 Å². The molecule has 0 N–H and O–H groups in total. The molecule has 0 fully saturated rings. The van der Waals surface area contributed by atoms with Crippen LogP contribution in [0.4, 0.5) is 5.69 Å². The third kappa shape index (κ3) is 6.94. The van der Waals surface area contributed by atoms with Crippen molar-refractivity contribution in [3.8, 4) is 5.75 Å². The molecule has 0 spiro atoms. The number of hydrogen-bond acceptors (Lipinski definition) is 5. The molecule has 0 unspecified atom stereocenters. The molecule has 0 atom stereocenters. The van der Waals surface area contributed by atoms with Gasteiger partial charge in [-0.05, 0) is 51.1 Å². The largest absolute Gasteiger partial charge is 0.491 e. The molecule has 1 aromatic carbocycles. The number of rotatable bonds is 8. The summed E-state index contributed by atoms with van der Waals surface area (Å²) in [4.78, 5) is 10.2. The smallest absolute Gasteiger partial charge is 0.271 e. The zero-order valence-electron chi connectivity index (χ0n) is 10.7. The molecule has 1 rings (SSSR count). The molecule has 118 valence electrons. The van der Waals surface area contributed by atoms with Gasteiger partial charge in [0, 0.05) is 22.8 Å². The Hall–Kier alpha value is -0.380. The fourth-order valence-corrected chi connectivity index (χ4v) is 3.78. The van der Waals surface area contributed by atoms with Crippen LogP contribution in [0.25, 0.3) is 0 Å². The number of non-ortho nitro benzene ring substituents is 1. The molecule has 10 heteroatoms. The number of nitro groups is 1. The minimum atomic E-state index is -3.44. The Kier molecular flexibility index (Phi) is 7.38. The van der Waals surface area contributed by atoms with Gasteiger partial charge in [0.25, 0.3) is 5.69 Å². The van der Waals surface area contributed by atoms with E-state index < -0.39 is 14.0 Å². The van der Waals surface area contributed by atoms with Crippen molar-refractivity contribution in [2.45, 2.75) is 19.3 Å². The molecule has 0 saturated heterocycles. The fraction of sp³-hybridized carbons (Fsp3) is 0.455. The van der Waals surface area contributed by atoms with Crippen molar-refractivity contribution in [1.82, 2.24) is 0 Å². The molecule has 6 nitrogen and oxygen atoms in total. The van der Waals surface area contributed by atoms with Gasteiger partial charge in [-0.3, -0.25) is 10.1 Å². The van der Waals surface area contributed by atoms with Gasteiger partial charge in [-0.2, -0.15) is 0 Å². The van der Waals surface area contributed by atoms with Gasteiger partial charge in [0.05, 0.1) is 26.2 Å². The maximum Gasteiger partial charge on any atom is 0.271 e. The minimum Gasteiger partial charge on any atom is -0.491 e. The average Bonchev–Trinajstić information content (AvgIpc) is 2.34. The molecule has 0 saturated carbocycles. The van der Waals surface area contributed by atoms with Crippen LogP contribution in [0.3, 0.4) is 0 Å². The van der Waals surface area contributed by atoms with Crippen molar-refractivity contribution < 1.29 is 18.1 Å². The monoisotopic (exact) mass is 463 g/mol. The van der Waals surface area contributed by atoms with Gasteiger partial charge in [0.1, 0.15) is 5.75 Å². The van der Waals surface area contributed by atoms with Crippen LogP contribution >= 0.6 is 42.5 Å². The van der Waals surface area contributed by atoms with E-state index in [-0.39, 0.29) is 11.4 Å². The molecule has 0 aliphatic carbocycles. The Morgan fingerprint density at radius 3 is 2.24 bits per heavy atom. The lowest BCUT2D eigenvalue weighted by molar-refractivity contribution is -0.385. The summed E-state index contributed by atoms with van der Waals surface area (Å²) < 4.78 is 27.9. The second-order valence-electron chi connectivity index (χ2n) is 4.15. The lowest BCUT2D eigenvalue weighted by Crippen LogP contribution is -2.02. The third-order valence-corrected chi connectivity index (χ3v) is 4.89. The molecular weight excluding hydrogens is 453 g/mol. The molecule has 0 heterocycles. The Morgan fingerprint density at radius 2 is 1.76 bits per heavy atom. The van der Waals surface area contributed by atoms with Gasteiger partial charge in [0.2, 0.25) is 9.05 Å². The van der Waals surface area contributed by atoms with Crippen LogP contribution < -0.4 is 4.74 Å². The molecule has 0 aliphatic rings. The van der Waals surface area contributed by atoms with Crippen molar-refractivity contribution in [1.29, 1.82) is 0 Å². The van der Waals surface area contributed by atoms with Crippen molar-refractivity contribution in [2.24, 2.45) is 0 Å². The number of hydrogen-bond donors (Lipinski definition) is 0. The second kappa shape index (κ2) is 8.30. The van der Waals surface area contributed by atoms with E-state index in [1.165, 1.54) is 12.1 Å². The summed E-state index contributed by atoms with van der Waals surface area (Å²) in [6.45, 7) is 0.372. The highest BCUT2D eigenvalue weighted by Crippen LogP contribution is 2.37. The molecule has 0 radical (unpaired) electrons. The van der Waals surface area contributed by atoms with Gasteiger partial charge in [-0.1, -0.05) is 0 Å². The summed E-state index contributed by atoms with van der Waals surface area (Å²) in [6, 6.07) is 2.72. The first kappa shape index (κ1) is 18.7. The van der Waals surface area contributed by atoms with Crippen LogP contribution in [0.5, 0.6) is 5.75 Å². The highest BCUT2D eigenvalue weighted by atomic mass is 79.9. The molecule has 21 heavy (non-hydrogen) atoms. The summed E-state index contributed by atoms with van der Waals surface area (Å²) in [5.74, 6) is 0.421. The van der Waals surface area contributed by atoms with E-state index in [9.17, 15) is 18.5 Å². The minimum absolute atomic E-state index is 0.0478. The molecule has 0 aromatic heterocycles. The second-order valence-corrected chi connectivity index (χ2v) is 8.75. The van der Waals surface area contributed by atoms with E-state index in [0.29, 0.717) is 40.6 Å². The standard InChI is InChI=1S/C11H12Br2ClNO5S/c12-9-6-8(15(16)17)7-10(13)11(9)20-4-2-1-3-5-21(14,18)19/h6-7H,1-5H2. The summed E-state index contributed by atoms with van der Waals surface area (Å²) in [6.07, 6.45) is 1.79. The van der Waals surface area contributed by atoms with Crippen LogP contribution in [-0.4, -0.2) is 25.7 Å². The number of unbranched alkanes of at least 4 members (excludes halogenated alkanes) is 2. The number of halogens is 3. The first-order chi connectivity index (χ1) is 9.70. The van der Waals surface area contributed by atoms with Crippen LogP contribution in [0.15, 0.2) is 21.1 Å². The number of nitrogens with zero attached hydrogens (tertiary/aromatic N) is 1. The van der Waals surface area contributed by atoms with E-state index in [0.717, 1.165) is 0 Å². The first-order valence-electron chi connectivity index (χ1n) is 5.89. The van der Waals surface area contributed by atoms with Crippen LogP contribution in [0, 0.1) is 10.1 Å². The Bertz CT molecular complexity index is 600. The molecule has 1 aromatic rings. The summed E-state index contributed by atoms with van der Waals surface area (Å²) in [5.41, 5.74) is -0.0478. The lowest BCUT2D eigenvalue weighted by Gasteiger charge is -2.10. The molecule has 0 amide bonds. The number of benzene rings is 1. The zero-order valence-corrected chi connectivity index (χ0v) is 15.5. The fourth-order valence-electron chi connectivity index (χ4n) is 1.52. The molecular formula is C11H12Br2ClNO5S. The van der Waals surface area contributed by atoms with Crippen LogP contribution in [0.1, 0.15) is 19.3 Å². The normalized spacial score (nSPS) is 11.4. The van der Waals surface area contributed by atoms with E-state index >= 15 is 0 Å². The number of nitro benzene ring substituents is 1. The van der Waals surface area contributed by atoms with Gasteiger partial charge < -0.3 is 4.74 Å². The van der Waals surface area contributed by atoms with Gasteiger partial charge in [-0.15, -0.1) is 0 Å². The van der Waals surface area contributed by atoms with Gasteiger partial charge in [0.15, 0.2) is 0 Å².